The van der Waals surface area contributed by atoms with Crippen LogP contribution in [-0.4, -0.2) is 23.1 Å². The van der Waals surface area contributed by atoms with Gasteiger partial charge in [0.15, 0.2) is 5.82 Å². The van der Waals surface area contributed by atoms with Crippen LogP contribution in [0.1, 0.15) is 26.3 Å². The van der Waals surface area contributed by atoms with Crippen LogP contribution in [0.2, 0.25) is 0 Å². The molecule has 0 aliphatic rings. The molecule has 0 atom stereocenters. The normalized spacial score (nSPS) is 11.1. The third-order valence-corrected chi connectivity index (χ3v) is 2.86. The molecular formula is C10H16N4OS. The highest BCUT2D eigenvalue weighted by atomic mass is 32.1. The molecule has 0 bridgehead atoms. The molecule has 5 nitrogen and oxygen atoms in total. The molecule has 0 aliphatic carbocycles. The highest BCUT2D eigenvalue weighted by Crippen LogP contribution is 2.26. The molecule has 0 spiro atoms. The smallest absolute Gasteiger partial charge is 0.157 e. The summed E-state index contributed by atoms with van der Waals surface area (Å²) in [5.41, 5.74) is 5.69. The monoisotopic (exact) mass is 240 g/mol. The molecule has 0 fully saturated rings. The van der Waals surface area contributed by atoms with E-state index < -0.39 is 0 Å². The summed E-state index contributed by atoms with van der Waals surface area (Å²) in [5, 5.41) is 12.7. The lowest BCUT2D eigenvalue weighted by atomic mass is 10.1. The first-order valence-electron chi connectivity index (χ1n) is 5.03. The second-order valence-electron chi connectivity index (χ2n) is 3.93. The predicted octanol–water partition coefficient (Wildman–Crippen LogP) is 1.82. The van der Waals surface area contributed by atoms with Crippen molar-refractivity contribution in [1.82, 2.24) is 4.37 Å². The van der Waals surface area contributed by atoms with E-state index in [4.69, 9.17) is 15.7 Å². The van der Waals surface area contributed by atoms with Crippen LogP contribution in [0.15, 0.2) is 0 Å². The fourth-order valence-corrected chi connectivity index (χ4v) is 1.93. The molecule has 1 rings (SSSR count). The fourth-order valence-electron chi connectivity index (χ4n) is 1.27. The maximum Gasteiger partial charge on any atom is 0.157 e. The third-order valence-electron chi connectivity index (χ3n) is 2.04. The van der Waals surface area contributed by atoms with Gasteiger partial charge in [0.25, 0.3) is 0 Å². The van der Waals surface area contributed by atoms with Gasteiger partial charge in [0, 0.05) is 13.2 Å². The van der Waals surface area contributed by atoms with Crippen molar-refractivity contribution >= 4 is 22.4 Å². The molecule has 6 heteroatoms. The summed E-state index contributed by atoms with van der Waals surface area (Å²) in [7, 11) is 0. The van der Waals surface area contributed by atoms with Crippen molar-refractivity contribution in [1.29, 1.82) is 5.26 Å². The van der Waals surface area contributed by atoms with E-state index >= 15 is 0 Å². The summed E-state index contributed by atoms with van der Waals surface area (Å²) in [6.45, 7) is 7.19. The number of nitrogens with one attached hydrogen (secondary N) is 1. The average molecular weight is 240 g/mol. The minimum atomic E-state index is -0.278. The lowest BCUT2D eigenvalue weighted by Crippen LogP contribution is -2.33. The largest absolute Gasteiger partial charge is 0.382 e. The minimum absolute atomic E-state index is 0.278. The van der Waals surface area contributed by atoms with Crippen LogP contribution in [-0.2, 0) is 4.74 Å². The first kappa shape index (κ1) is 12.7. The first-order valence-corrected chi connectivity index (χ1v) is 5.80. The third kappa shape index (κ3) is 3.08. The molecule has 0 saturated carbocycles. The van der Waals surface area contributed by atoms with Crippen LogP contribution in [0.5, 0.6) is 0 Å². The van der Waals surface area contributed by atoms with Crippen molar-refractivity contribution in [2.24, 2.45) is 0 Å². The highest BCUT2D eigenvalue weighted by Gasteiger charge is 2.19. The van der Waals surface area contributed by atoms with Crippen molar-refractivity contribution in [3.8, 4) is 6.07 Å². The van der Waals surface area contributed by atoms with Gasteiger partial charge in [0.1, 0.15) is 16.6 Å². The molecule has 0 radical (unpaired) electrons. The molecule has 0 aromatic carbocycles. The number of nitriles is 1. The number of nitrogens with zero attached hydrogens (tertiary/aromatic N) is 2. The zero-order chi connectivity index (χ0) is 12.2. The number of nitrogens with two attached hydrogens (primary N) is 1. The van der Waals surface area contributed by atoms with E-state index in [0.717, 1.165) is 0 Å². The van der Waals surface area contributed by atoms with Crippen molar-refractivity contribution in [3.63, 3.8) is 0 Å². The summed E-state index contributed by atoms with van der Waals surface area (Å²) in [6, 6.07) is 2.03. The number of hydrogen-bond donors (Lipinski definition) is 2. The van der Waals surface area contributed by atoms with Crippen LogP contribution in [0.25, 0.3) is 0 Å². The Bertz CT molecular complexity index is 394. The van der Waals surface area contributed by atoms with Crippen LogP contribution in [0, 0.1) is 11.3 Å². The van der Waals surface area contributed by atoms with Gasteiger partial charge in [-0.25, -0.2) is 0 Å². The highest BCUT2D eigenvalue weighted by molar-refractivity contribution is 7.10. The van der Waals surface area contributed by atoms with Gasteiger partial charge >= 0.3 is 0 Å². The van der Waals surface area contributed by atoms with Crippen molar-refractivity contribution in [2.45, 2.75) is 26.4 Å². The number of hydrogen-bond acceptors (Lipinski definition) is 6. The Morgan fingerprint density at radius 1 is 1.62 bits per heavy atom. The SMILES string of the molecule is CCOC(C)(C)CNc1snc(N)c1C#N. The Hall–Kier alpha value is -1.32. The first-order chi connectivity index (χ1) is 7.50. The quantitative estimate of drug-likeness (QED) is 0.820. The molecule has 0 aliphatic heterocycles. The van der Waals surface area contributed by atoms with Crippen molar-refractivity contribution in [3.05, 3.63) is 5.56 Å². The van der Waals surface area contributed by atoms with E-state index in [9.17, 15) is 0 Å². The predicted molar refractivity (Wildman–Crippen MR) is 65.4 cm³/mol. The van der Waals surface area contributed by atoms with E-state index in [1.54, 1.807) is 0 Å². The topological polar surface area (TPSA) is 84.0 Å². The lowest BCUT2D eigenvalue weighted by molar-refractivity contribution is 0.000745. The molecule has 16 heavy (non-hydrogen) atoms. The van der Waals surface area contributed by atoms with Gasteiger partial charge in [-0.2, -0.15) is 9.64 Å². The van der Waals surface area contributed by atoms with Gasteiger partial charge in [-0.3, -0.25) is 0 Å². The van der Waals surface area contributed by atoms with E-state index in [2.05, 4.69) is 9.69 Å². The summed E-state index contributed by atoms with van der Waals surface area (Å²) in [4.78, 5) is 0. The van der Waals surface area contributed by atoms with Gasteiger partial charge in [0.05, 0.1) is 5.60 Å². The second-order valence-corrected chi connectivity index (χ2v) is 4.70. The zero-order valence-corrected chi connectivity index (χ0v) is 10.5. The van der Waals surface area contributed by atoms with Crippen LogP contribution < -0.4 is 11.1 Å². The molecule has 0 unspecified atom stereocenters. The Balaban J connectivity index is 2.65. The lowest BCUT2D eigenvalue weighted by Gasteiger charge is -2.24. The zero-order valence-electron chi connectivity index (χ0n) is 9.70. The van der Waals surface area contributed by atoms with Gasteiger partial charge in [-0.1, -0.05) is 0 Å². The minimum Gasteiger partial charge on any atom is -0.382 e. The Morgan fingerprint density at radius 3 is 2.88 bits per heavy atom. The van der Waals surface area contributed by atoms with Crippen molar-refractivity contribution in [2.75, 3.05) is 24.2 Å². The van der Waals surface area contributed by atoms with Gasteiger partial charge in [-0.05, 0) is 32.3 Å². The van der Waals surface area contributed by atoms with E-state index in [1.165, 1.54) is 11.5 Å². The summed E-state index contributed by atoms with van der Waals surface area (Å²) in [5.74, 6) is 0.282. The molecule has 3 N–H and O–H groups in total. The summed E-state index contributed by atoms with van der Waals surface area (Å²) >= 11 is 1.20. The van der Waals surface area contributed by atoms with Crippen molar-refractivity contribution < 1.29 is 4.74 Å². The average Bonchev–Trinajstić information content (AvgIpc) is 2.56. The van der Waals surface area contributed by atoms with Gasteiger partial charge < -0.3 is 15.8 Å². The van der Waals surface area contributed by atoms with E-state index in [0.29, 0.717) is 23.7 Å². The summed E-state index contributed by atoms with van der Waals surface area (Å²) < 4.78 is 9.47. The number of anilines is 2. The molecule has 1 aromatic heterocycles. The molecule has 88 valence electrons. The fraction of sp³-hybridized carbons (Fsp3) is 0.600. The number of nitrogen functional groups attached to an aromatic ring is 1. The maximum atomic E-state index is 8.89. The Morgan fingerprint density at radius 2 is 2.31 bits per heavy atom. The number of rotatable bonds is 5. The molecular weight excluding hydrogens is 224 g/mol. The summed E-state index contributed by atoms with van der Waals surface area (Å²) in [6.07, 6.45) is 0. The Kier molecular flexibility index (Phi) is 4.10. The number of aromatic nitrogens is 1. The molecule has 1 aromatic rings. The van der Waals surface area contributed by atoms with Gasteiger partial charge in [0.2, 0.25) is 0 Å². The Labute approximate surface area is 99.4 Å². The maximum absolute atomic E-state index is 8.89. The van der Waals surface area contributed by atoms with E-state index in [1.807, 2.05) is 26.8 Å². The standard InChI is InChI=1S/C10H16N4OS/c1-4-15-10(2,3)6-13-9-7(5-11)8(12)14-16-9/h13H,4,6H2,1-3H3,(H2,12,14). The molecule has 0 amide bonds. The number of ether oxygens (including phenoxy) is 1. The van der Waals surface area contributed by atoms with Gasteiger partial charge in [-0.15, -0.1) is 0 Å². The molecule has 1 heterocycles. The van der Waals surface area contributed by atoms with Crippen LogP contribution in [0.3, 0.4) is 0 Å². The van der Waals surface area contributed by atoms with Crippen LogP contribution in [0.4, 0.5) is 10.8 Å². The molecule has 0 saturated heterocycles. The second kappa shape index (κ2) is 5.14. The van der Waals surface area contributed by atoms with E-state index in [-0.39, 0.29) is 11.4 Å². The van der Waals surface area contributed by atoms with Crippen LogP contribution >= 0.6 is 11.5 Å².